The lowest BCUT2D eigenvalue weighted by Crippen LogP contribution is -2.06. The topological polar surface area (TPSA) is 42.2 Å². The van der Waals surface area contributed by atoms with Crippen molar-refractivity contribution >= 4 is 23.1 Å². The van der Waals surface area contributed by atoms with Gasteiger partial charge in [0, 0.05) is 18.3 Å². The average molecular weight is 383 g/mol. The Morgan fingerprint density at radius 2 is 1.86 bits per heavy atom. The predicted octanol–water partition coefficient (Wildman–Crippen LogP) is 5.83. The van der Waals surface area contributed by atoms with Crippen molar-refractivity contribution in [2.24, 2.45) is 0 Å². The monoisotopic (exact) mass is 382 g/mol. The van der Waals surface area contributed by atoms with Gasteiger partial charge in [0.1, 0.15) is 5.82 Å². The third-order valence-corrected chi connectivity index (χ3v) is 5.34. The molecule has 2 aromatic heterocycles. The van der Waals surface area contributed by atoms with E-state index in [1.807, 2.05) is 23.0 Å². The molecule has 4 rings (SSSR count). The van der Waals surface area contributed by atoms with Gasteiger partial charge in [0.2, 0.25) is 0 Å². The summed E-state index contributed by atoms with van der Waals surface area (Å²) in [6.45, 7) is 9.26. The Morgan fingerprint density at radius 3 is 2.66 bits per heavy atom. The third-order valence-electron chi connectivity index (χ3n) is 5.34. The molecule has 4 aromatic rings. The van der Waals surface area contributed by atoms with Crippen LogP contribution in [0.5, 0.6) is 0 Å². The number of rotatable bonds is 5. The molecule has 0 atom stereocenters. The molecule has 146 valence electrons. The minimum Gasteiger partial charge on any atom is -0.366 e. The second-order valence-corrected chi connectivity index (χ2v) is 7.59. The van der Waals surface area contributed by atoms with Gasteiger partial charge in [-0.05, 0) is 61.6 Å². The maximum absolute atomic E-state index is 4.60. The lowest BCUT2D eigenvalue weighted by atomic mass is 10.0. The normalized spacial score (nSPS) is 11.8. The van der Waals surface area contributed by atoms with Crippen molar-refractivity contribution in [1.82, 2.24) is 14.6 Å². The number of hydrogen-bond donors (Lipinski definition) is 1. The number of hydrogen-bond acceptors (Lipinski definition) is 3. The van der Waals surface area contributed by atoms with E-state index in [-0.39, 0.29) is 0 Å². The molecule has 4 nitrogen and oxygen atoms in total. The van der Waals surface area contributed by atoms with E-state index in [2.05, 4.69) is 91.6 Å². The van der Waals surface area contributed by atoms with Gasteiger partial charge >= 0.3 is 0 Å². The van der Waals surface area contributed by atoms with Crippen LogP contribution in [0.15, 0.2) is 60.9 Å². The van der Waals surface area contributed by atoms with Crippen LogP contribution in [0.3, 0.4) is 0 Å². The highest BCUT2D eigenvalue weighted by Gasteiger charge is 2.11. The van der Waals surface area contributed by atoms with Crippen molar-refractivity contribution in [3.63, 3.8) is 0 Å². The molecule has 29 heavy (non-hydrogen) atoms. The summed E-state index contributed by atoms with van der Waals surface area (Å²) in [6, 6.07) is 16.9. The Bertz CT molecular complexity index is 1200. The van der Waals surface area contributed by atoms with E-state index in [0.717, 1.165) is 29.1 Å². The second kappa shape index (κ2) is 7.92. The molecule has 4 heteroatoms. The minimum absolute atomic E-state index is 0.748. The van der Waals surface area contributed by atoms with E-state index in [1.54, 1.807) is 0 Å². The Balaban J connectivity index is 1.64. The molecule has 0 aliphatic heterocycles. The smallest absolute Gasteiger partial charge is 0.164 e. The number of aryl methyl sites for hydroxylation is 3. The SMILES string of the molecule is C/C(=C\c1ccccc1C)c1cnn2c(NCc3ccc(C)cc3C)ccnc12. The molecule has 0 aliphatic carbocycles. The highest BCUT2D eigenvalue weighted by Crippen LogP contribution is 2.24. The molecule has 0 amide bonds. The minimum atomic E-state index is 0.748. The largest absolute Gasteiger partial charge is 0.366 e. The van der Waals surface area contributed by atoms with E-state index in [4.69, 9.17) is 0 Å². The van der Waals surface area contributed by atoms with Crippen LogP contribution in [0.2, 0.25) is 0 Å². The number of benzene rings is 2. The summed E-state index contributed by atoms with van der Waals surface area (Å²) in [7, 11) is 0. The zero-order valence-corrected chi connectivity index (χ0v) is 17.4. The third kappa shape index (κ3) is 3.92. The van der Waals surface area contributed by atoms with Gasteiger partial charge in [-0.3, -0.25) is 0 Å². The summed E-state index contributed by atoms with van der Waals surface area (Å²) in [6.07, 6.45) is 5.93. The lowest BCUT2D eigenvalue weighted by Gasteiger charge is -2.11. The van der Waals surface area contributed by atoms with E-state index in [0.29, 0.717) is 0 Å². The molecule has 0 spiro atoms. The first-order valence-corrected chi connectivity index (χ1v) is 9.90. The summed E-state index contributed by atoms with van der Waals surface area (Å²) in [5, 5.41) is 8.12. The second-order valence-electron chi connectivity index (χ2n) is 7.59. The zero-order valence-electron chi connectivity index (χ0n) is 17.4. The first kappa shape index (κ1) is 18.9. The van der Waals surface area contributed by atoms with Gasteiger partial charge in [0.25, 0.3) is 0 Å². The quantitative estimate of drug-likeness (QED) is 0.472. The fourth-order valence-electron chi connectivity index (χ4n) is 3.59. The van der Waals surface area contributed by atoms with Crippen LogP contribution in [0.1, 0.15) is 40.3 Å². The lowest BCUT2D eigenvalue weighted by molar-refractivity contribution is 0.923. The van der Waals surface area contributed by atoms with E-state index < -0.39 is 0 Å². The summed E-state index contributed by atoms with van der Waals surface area (Å²) >= 11 is 0. The molecule has 0 radical (unpaired) electrons. The number of nitrogens with zero attached hydrogens (tertiary/aromatic N) is 3. The standard InChI is InChI=1S/C25H26N4/c1-17-9-10-22(19(3)13-17)15-27-24-11-12-26-25-23(16-28-29(24)25)20(4)14-21-8-6-5-7-18(21)2/h5-14,16,27H,15H2,1-4H3/b20-14+. The highest BCUT2D eigenvalue weighted by molar-refractivity contribution is 5.86. The van der Waals surface area contributed by atoms with Crippen LogP contribution in [-0.2, 0) is 6.54 Å². The fourth-order valence-corrected chi connectivity index (χ4v) is 3.59. The van der Waals surface area contributed by atoms with E-state index in [9.17, 15) is 0 Å². The van der Waals surface area contributed by atoms with Gasteiger partial charge in [0.15, 0.2) is 5.65 Å². The number of anilines is 1. The van der Waals surface area contributed by atoms with Crippen LogP contribution >= 0.6 is 0 Å². The fraction of sp³-hybridized carbons (Fsp3) is 0.200. The Hall–Kier alpha value is -3.40. The van der Waals surface area contributed by atoms with Crippen molar-refractivity contribution in [2.45, 2.75) is 34.2 Å². The van der Waals surface area contributed by atoms with Gasteiger partial charge in [-0.25, -0.2) is 4.98 Å². The van der Waals surface area contributed by atoms with Gasteiger partial charge in [0.05, 0.1) is 6.20 Å². The molecule has 0 bridgehead atoms. The molecular weight excluding hydrogens is 356 g/mol. The molecular formula is C25H26N4. The first-order valence-electron chi connectivity index (χ1n) is 9.90. The van der Waals surface area contributed by atoms with Crippen LogP contribution < -0.4 is 5.32 Å². The van der Waals surface area contributed by atoms with E-state index >= 15 is 0 Å². The zero-order chi connectivity index (χ0) is 20.4. The Kier molecular flexibility index (Phi) is 5.17. The predicted molar refractivity (Wildman–Crippen MR) is 121 cm³/mol. The maximum atomic E-state index is 4.60. The molecule has 2 aromatic carbocycles. The van der Waals surface area contributed by atoms with Crippen molar-refractivity contribution in [3.8, 4) is 0 Å². The van der Waals surface area contributed by atoms with Crippen LogP contribution in [-0.4, -0.2) is 14.6 Å². The number of fused-ring (bicyclic) bond motifs is 1. The first-order chi connectivity index (χ1) is 14.0. The summed E-state index contributed by atoms with van der Waals surface area (Å²) < 4.78 is 1.88. The summed E-state index contributed by atoms with van der Waals surface area (Å²) in [4.78, 5) is 4.59. The van der Waals surface area contributed by atoms with Crippen molar-refractivity contribution in [2.75, 3.05) is 5.32 Å². The molecule has 0 fully saturated rings. The average Bonchev–Trinajstić information content (AvgIpc) is 3.14. The Morgan fingerprint density at radius 1 is 1.03 bits per heavy atom. The van der Waals surface area contributed by atoms with Crippen LogP contribution in [0, 0.1) is 20.8 Å². The molecule has 0 saturated carbocycles. The molecule has 0 saturated heterocycles. The van der Waals surface area contributed by atoms with E-state index in [1.165, 1.54) is 27.8 Å². The number of allylic oxidation sites excluding steroid dienone is 1. The summed E-state index contributed by atoms with van der Waals surface area (Å²) in [5.74, 6) is 0.935. The number of aromatic nitrogens is 3. The van der Waals surface area contributed by atoms with Crippen LogP contribution in [0.25, 0.3) is 17.3 Å². The maximum Gasteiger partial charge on any atom is 0.164 e. The van der Waals surface area contributed by atoms with Crippen LogP contribution in [0.4, 0.5) is 5.82 Å². The van der Waals surface area contributed by atoms with Gasteiger partial charge in [-0.1, -0.05) is 54.1 Å². The van der Waals surface area contributed by atoms with Gasteiger partial charge in [-0.15, -0.1) is 0 Å². The van der Waals surface area contributed by atoms with Crippen molar-refractivity contribution in [3.05, 3.63) is 94.3 Å². The number of nitrogens with one attached hydrogen (secondary N) is 1. The van der Waals surface area contributed by atoms with Gasteiger partial charge in [-0.2, -0.15) is 9.61 Å². The highest BCUT2D eigenvalue weighted by atomic mass is 15.3. The van der Waals surface area contributed by atoms with Gasteiger partial charge < -0.3 is 5.32 Å². The molecule has 1 N–H and O–H groups in total. The molecule has 0 unspecified atom stereocenters. The molecule has 0 aliphatic rings. The Labute approximate surface area is 171 Å². The van der Waals surface area contributed by atoms with Crippen molar-refractivity contribution in [1.29, 1.82) is 0 Å². The molecule has 2 heterocycles. The van der Waals surface area contributed by atoms with Crippen molar-refractivity contribution < 1.29 is 0 Å². The summed E-state index contributed by atoms with van der Waals surface area (Å²) in [5.41, 5.74) is 9.38.